The van der Waals surface area contributed by atoms with Crippen LogP contribution in [0.4, 0.5) is 0 Å². The summed E-state index contributed by atoms with van der Waals surface area (Å²) >= 11 is 0. The first-order chi connectivity index (χ1) is 7.66. The van der Waals surface area contributed by atoms with E-state index in [-0.39, 0.29) is 11.8 Å². The van der Waals surface area contributed by atoms with Crippen molar-refractivity contribution in [3.63, 3.8) is 0 Å². The molecule has 0 amide bonds. The summed E-state index contributed by atoms with van der Waals surface area (Å²) in [7, 11) is 0. The summed E-state index contributed by atoms with van der Waals surface area (Å²) in [5.74, 6) is 0.0629. The number of unbranched alkanes of at least 4 members (excludes halogenated alkanes) is 4. The summed E-state index contributed by atoms with van der Waals surface area (Å²) in [6, 6.07) is 0. The Hall–Kier alpha value is -0.860. The molecule has 0 aromatic rings. The zero-order chi connectivity index (χ0) is 12.2. The predicted octanol–water partition coefficient (Wildman–Crippen LogP) is 3.26. The van der Waals surface area contributed by atoms with E-state index in [1.165, 1.54) is 12.8 Å². The normalized spacial score (nSPS) is 10.1. The van der Waals surface area contributed by atoms with Crippen LogP contribution in [0.25, 0.3) is 0 Å². The van der Waals surface area contributed by atoms with E-state index in [9.17, 15) is 9.59 Å². The van der Waals surface area contributed by atoms with Gasteiger partial charge in [-0.3, -0.25) is 4.79 Å². The van der Waals surface area contributed by atoms with Crippen molar-refractivity contribution < 1.29 is 14.3 Å². The Kier molecular flexibility index (Phi) is 10.1. The van der Waals surface area contributed by atoms with Crippen LogP contribution in [-0.4, -0.2) is 18.4 Å². The van der Waals surface area contributed by atoms with Gasteiger partial charge in [0, 0.05) is 12.8 Å². The smallest absolute Gasteiger partial charge is 0.305 e. The number of carbonyl (C=O) groups is 2. The topological polar surface area (TPSA) is 43.4 Å². The van der Waals surface area contributed by atoms with Gasteiger partial charge in [-0.15, -0.1) is 0 Å². The molecule has 0 fully saturated rings. The Morgan fingerprint density at radius 3 is 2.25 bits per heavy atom. The number of ether oxygens (including phenoxy) is 1. The van der Waals surface area contributed by atoms with E-state index < -0.39 is 0 Å². The van der Waals surface area contributed by atoms with Crippen LogP contribution in [0.15, 0.2) is 0 Å². The second kappa shape index (κ2) is 10.7. The van der Waals surface area contributed by atoms with Crippen molar-refractivity contribution in [1.29, 1.82) is 0 Å². The highest BCUT2D eigenvalue weighted by atomic mass is 16.5. The van der Waals surface area contributed by atoms with Gasteiger partial charge in [0.1, 0.15) is 5.78 Å². The maximum Gasteiger partial charge on any atom is 0.305 e. The van der Waals surface area contributed by atoms with Gasteiger partial charge in [0.05, 0.1) is 6.61 Å². The zero-order valence-corrected chi connectivity index (χ0v) is 10.6. The molecule has 16 heavy (non-hydrogen) atoms. The summed E-state index contributed by atoms with van der Waals surface area (Å²) in [6.07, 6.45) is 7.06. The van der Waals surface area contributed by atoms with Gasteiger partial charge in [-0.25, -0.2) is 0 Å². The van der Waals surface area contributed by atoms with Crippen molar-refractivity contribution in [1.82, 2.24) is 0 Å². The van der Waals surface area contributed by atoms with E-state index in [4.69, 9.17) is 4.74 Å². The van der Waals surface area contributed by atoms with Crippen molar-refractivity contribution in [2.45, 2.75) is 65.2 Å². The number of ketones is 1. The minimum absolute atomic E-state index is 0.125. The van der Waals surface area contributed by atoms with Gasteiger partial charge in [0.15, 0.2) is 0 Å². The van der Waals surface area contributed by atoms with Gasteiger partial charge in [0.2, 0.25) is 0 Å². The number of carbonyl (C=O) groups excluding carboxylic acids is 2. The standard InChI is InChI=1S/C13H24O3/c1-3-4-5-8-11-16-13(15)10-7-6-9-12(2)14/h3-11H2,1-2H3. The minimum Gasteiger partial charge on any atom is -0.466 e. The van der Waals surface area contributed by atoms with Crippen molar-refractivity contribution >= 4 is 11.8 Å². The predicted molar refractivity (Wildman–Crippen MR) is 64.3 cm³/mol. The van der Waals surface area contributed by atoms with Gasteiger partial charge in [-0.05, 0) is 26.2 Å². The molecule has 0 heterocycles. The molecule has 0 saturated heterocycles. The molecule has 3 nitrogen and oxygen atoms in total. The first-order valence-electron chi connectivity index (χ1n) is 6.32. The van der Waals surface area contributed by atoms with Crippen LogP contribution >= 0.6 is 0 Å². The molecule has 0 radical (unpaired) electrons. The lowest BCUT2D eigenvalue weighted by Gasteiger charge is -2.04. The molecule has 0 bridgehead atoms. The third-order valence-electron chi connectivity index (χ3n) is 2.42. The maximum atomic E-state index is 11.2. The molecular formula is C13H24O3. The molecule has 0 N–H and O–H groups in total. The highest BCUT2D eigenvalue weighted by Crippen LogP contribution is 2.03. The van der Waals surface area contributed by atoms with Crippen LogP contribution in [0.2, 0.25) is 0 Å². The molecule has 0 spiro atoms. The number of hydrogen-bond donors (Lipinski definition) is 0. The maximum absolute atomic E-state index is 11.2. The van der Waals surface area contributed by atoms with E-state index in [2.05, 4.69) is 6.92 Å². The van der Waals surface area contributed by atoms with Crippen LogP contribution in [0.3, 0.4) is 0 Å². The van der Waals surface area contributed by atoms with Crippen LogP contribution in [0.1, 0.15) is 65.2 Å². The number of esters is 1. The van der Waals surface area contributed by atoms with E-state index in [1.54, 1.807) is 6.92 Å². The van der Waals surface area contributed by atoms with E-state index in [1.807, 2.05) is 0 Å². The van der Waals surface area contributed by atoms with Crippen LogP contribution in [0.5, 0.6) is 0 Å². The average molecular weight is 228 g/mol. The molecule has 0 rings (SSSR count). The molecule has 0 saturated carbocycles. The third-order valence-corrected chi connectivity index (χ3v) is 2.42. The van der Waals surface area contributed by atoms with E-state index in [0.717, 1.165) is 25.7 Å². The molecule has 0 aromatic heterocycles. The van der Waals surface area contributed by atoms with Crippen LogP contribution < -0.4 is 0 Å². The van der Waals surface area contributed by atoms with Crippen molar-refractivity contribution in [3.8, 4) is 0 Å². The van der Waals surface area contributed by atoms with Crippen molar-refractivity contribution in [3.05, 3.63) is 0 Å². The first kappa shape index (κ1) is 15.1. The van der Waals surface area contributed by atoms with Gasteiger partial charge in [-0.1, -0.05) is 26.2 Å². The summed E-state index contributed by atoms with van der Waals surface area (Å²) in [4.78, 5) is 21.9. The van der Waals surface area contributed by atoms with E-state index in [0.29, 0.717) is 19.4 Å². The molecule has 0 aliphatic heterocycles. The van der Waals surface area contributed by atoms with Crippen LogP contribution in [0, 0.1) is 0 Å². The van der Waals surface area contributed by atoms with Gasteiger partial charge < -0.3 is 9.53 Å². The Balaban J connectivity index is 3.21. The quantitative estimate of drug-likeness (QED) is 0.426. The Morgan fingerprint density at radius 1 is 0.938 bits per heavy atom. The fourth-order valence-corrected chi connectivity index (χ4v) is 1.43. The van der Waals surface area contributed by atoms with Gasteiger partial charge in [0.25, 0.3) is 0 Å². The Morgan fingerprint density at radius 2 is 1.62 bits per heavy atom. The minimum atomic E-state index is -0.125. The fourth-order valence-electron chi connectivity index (χ4n) is 1.43. The lowest BCUT2D eigenvalue weighted by Crippen LogP contribution is -2.05. The molecule has 0 unspecified atom stereocenters. The summed E-state index contributed by atoms with van der Waals surface area (Å²) in [6.45, 7) is 4.28. The molecule has 0 atom stereocenters. The lowest BCUT2D eigenvalue weighted by molar-refractivity contribution is -0.144. The van der Waals surface area contributed by atoms with Crippen molar-refractivity contribution in [2.24, 2.45) is 0 Å². The molecular weight excluding hydrogens is 204 g/mol. The molecule has 0 aliphatic rings. The monoisotopic (exact) mass is 228 g/mol. The lowest BCUT2D eigenvalue weighted by atomic mass is 10.1. The molecule has 0 aromatic carbocycles. The summed E-state index contributed by atoms with van der Waals surface area (Å²) in [5, 5.41) is 0. The third kappa shape index (κ3) is 11.2. The van der Waals surface area contributed by atoms with Gasteiger partial charge >= 0.3 is 5.97 Å². The molecule has 3 heteroatoms. The van der Waals surface area contributed by atoms with E-state index >= 15 is 0 Å². The number of Topliss-reactive ketones (excluding diaryl/α,β-unsaturated/α-hetero) is 1. The largest absolute Gasteiger partial charge is 0.466 e. The highest BCUT2D eigenvalue weighted by molar-refractivity contribution is 5.75. The number of rotatable bonds is 10. The Bertz CT molecular complexity index is 199. The average Bonchev–Trinajstić information content (AvgIpc) is 2.24. The summed E-state index contributed by atoms with van der Waals surface area (Å²) in [5.41, 5.74) is 0. The summed E-state index contributed by atoms with van der Waals surface area (Å²) < 4.78 is 5.07. The zero-order valence-electron chi connectivity index (χ0n) is 10.6. The second-order valence-corrected chi connectivity index (χ2v) is 4.19. The van der Waals surface area contributed by atoms with Gasteiger partial charge in [-0.2, -0.15) is 0 Å². The SMILES string of the molecule is CCCCCCOC(=O)CCCCC(C)=O. The highest BCUT2D eigenvalue weighted by Gasteiger charge is 2.02. The number of hydrogen-bond acceptors (Lipinski definition) is 3. The Labute approximate surface area is 98.6 Å². The van der Waals surface area contributed by atoms with Crippen LogP contribution in [-0.2, 0) is 14.3 Å². The first-order valence-corrected chi connectivity index (χ1v) is 6.32. The molecule has 0 aliphatic carbocycles. The second-order valence-electron chi connectivity index (χ2n) is 4.19. The fraction of sp³-hybridized carbons (Fsp3) is 0.846. The molecule has 94 valence electrons. The van der Waals surface area contributed by atoms with Crippen molar-refractivity contribution in [2.75, 3.05) is 6.61 Å².